The highest BCUT2D eigenvalue weighted by molar-refractivity contribution is 7.89. The van der Waals surface area contributed by atoms with E-state index in [4.69, 9.17) is 5.11 Å². The van der Waals surface area contributed by atoms with Crippen LogP contribution in [0.2, 0.25) is 0 Å². The summed E-state index contributed by atoms with van der Waals surface area (Å²) in [5, 5.41) is 9.74. The molecule has 20 heavy (non-hydrogen) atoms. The fourth-order valence-electron chi connectivity index (χ4n) is 1.45. The lowest BCUT2D eigenvalue weighted by Gasteiger charge is -2.22. The minimum Gasteiger partial charge on any atom is -0.477 e. The maximum absolute atomic E-state index is 12.4. The average Bonchev–Trinajstić information content (AvgIpc) is 2.76. The van der Waals surface area contributed by atoms with Crippen LogP contribution in [0, 0.1) is 0 Å². The maximum Gasteiger partial charge on any atom is 0.402 e. The van der Waals surface area contributed by atoms with Crippen LogP contribution >= 0.6 is 11.3 Å². The van der Waals surface area contributed by atoms with E-state index in [9.17, 15) is 26.4 Å². The zero-order valence-corrected chi connectivity index (χ0v) is 12.0. The van der Waals surface area contributed by atoms with Crippen molar-refractivity contribution in [3.8, 4) is 0 Å². The third-order valence-electron chi connectivity index (χ3n) is 2.25. The Labute approximate surface area is 117 Å². The monoisotopic (exact) mass is 331 g/mol. The molecule has 0 aliphatic rings. The summed E-state index contributed by atoms with van der Waals surface area (Å²) in [5.74, 6) is -1.32. The van der Waals surface area contributed by atoms with Crippen molar-refractivity contribution in [3.05, 3.63) is 16.3 Å². The Morgan fingerprint density at radius 1 is 1.45 bits per heavy atom. The Hall–Kier alpha value is -1.13. The molecule has 0 aliphatic carbocycles. The van der Waals surface area contributed by atoms with Gasteiger partial charge in [-0.05, 0) is 12.5 Å². The molecule has 0 atom stereocenters. The lowest BCUT2D eigenvalue weighted by atomic mass is 10.5. The number of carbonyl (C=O) groups is 1. The molecule has 0 fully saturated rings. The summed E-state index contributed by atoms with van der Waals surface area (Å²) in [6, 6.07) is 0.862. The van der Waals surface area contributed by atoms with Crippen LogP contribution in [0.3, 0.4) is 0 Å². The van der Waals surface area contributed by atoms with Gasteiger partial charge in [-0.15, -0.1) is 11.3 Å². The average molecular weight is 331 g/mol. The number of carboxylic acid groups (broad SMARTS) is 1. The molecule has 0 bridgehead atoms. The van der Waals surface area contributed by atoms with E-state index in [1.165, 1.54) is 0 Å². The zero-order valence-electron chi connectivity index (χ0n) is 10.3. The van der Waals surface area contributed by atoms with Gasteiger partial charge in [-0.3, -0.25) is 0 Å². The van der Waals surface area contributed by atoms with Crippen LogP contribution in [0.25, 0.3) is 0 Å². The van der Waals surface area contributed by atoms with Crippen molar-refractivity contribution in [1.82, 2.24) is 4.31 Å². The lowest BCUT2D eigenvalue weighted by molar-refractivity contribution is -0.136. The molecular formula is C10H12F3NO4S2. The third-order valence-corrected chi connectivity index (χ3v) is 5.14. The first-order valence-corrected chi connectivity index (χ1v) is 7.78. The van der Waals surface area contributed by atoms with Gasteiger partial charge in [0, 0.05) is 11.9 Å². The van der Waals surface area contributed by atoms with Gasteiger partial charge in [-0.1, -0.05) is 6.92 Å². The van der Waals surface area contributed by atoms with Crippen LogP contribution in [-0.4, -0.2) is 43.1 Å². The quantitative estimate of drug-likeness (QED) is 0.869. The number of carboxylic acids is 1. The lowest BCUT2D eigenvalue weighted by Crippen LogP contribution is -2.39. The smallest absolute Gasteiger partial charge is 0.402 e. The second-order valence-corrected chi connectivity index (χ2v) is 6.75. The van der Waals surface area contributed by atoms with E-state index in [1.54, 1.807) is 6.92 Å². The number of halogens is 3. The van der Waals surface area contributed by atoms with Crippen LogP contribution in [0.5, 0.6) is 0 Å². The Morgan fingerprint density at radius 2 is 2.05 bits per heavy atom. The molecule has 10 heteroatoms. The van der Waals surface area contributed by atoms with Crippen molar-refractivity contribution in [3.63, 3.8) is 0 Å². The van der Waals surface area contributed by atoms with Crippen molar-refractivity contribution in [2.75, 3.05) is 13.1 Å². The molecule has 5 nitrogen and oxygen atoms in total. The first-order valence-electron chi connectivity index (χ1n) is 5.46. The summed E-state index contributed by atoms with van der Waals surface area (Å²) in [6.07, 6.45) is -4.45. The SMILES string of the molecule is CCCN(CC(F)(F)F)S(=O)(=O)c1csc(C(=O)O)c1. The first-order chi connectivity index (χ1) is 9.08. The van der Waals surface area contributed by atoms with E-state index in [2.05, 4.69) is 0 Å². The van der Waals surface area contributed by atoms with E-state index in [0.717, 1.165) is 11.4 Å². The number of aromatic carboxylic acids is 1. The van der Waals surface area contributed by atoms with Gasteiger partial charge in [-0.25, -0.2) is 13.2 Å². The van der Waals surface area contributed by atoms with E-state index in [1.807, 2.05) is 0 Å². The molecule has 0 unspecified atom stereocenters. The Kier molecular flexibility index (Phi) is 5.16. The van der Waals surface area contributed by atoms with Crippen molar-refractivity contribution < 1.29 is 31.5 Å². The molecule has 1 aromatic heterocycles. The Morgan fingerprint density at radius 3 is 2.45 bits per heavy atom. The summed E-state index contributed by atoms with van der Waals surface area (Å²) in [4.78, 5) is 10.0. The van der Waals surface area contributed by atoms with Crippen LogP contribution < -0.4 is 0 Å². The van der Waals surface area contributed by atoms with Crippen LogP contribution in [0.15, 0.2) is 16.3 Å². The van der Waals surface area contributed by atoms with E-state index < -0.39 is 33.6 Å². The second-order valence-electron chi connectivity index (χ2n) is 3.91. The highest BCUT2D eigenvalue weighted by Gasteiger charge is 2.37. The summed E-state index contributed by atoms with van der Waals surface area (Å²) in [6.45, 7) is -0.337. The number of sulfonamides is 1. The van der Waals surface area contributed by atoms with Crippen molar-refractivity contribution in [2.45, 2.75) is 24.4 Å². The van der Waals surface area contributed by atoms with Crippen LogP contribution in [0.1, 0.15) is 23.0 Å². The molecule has 0 saturated heterocycles. The third kappa shape index (κ3) is 4.18. The maximum atomic E-state index is 12.4. The fraction of sp³-hybridized carbons (Fsp3) is 0.500. The summed E-state index contributed by atoms with van der Waals surface area (Å²) < 4.78 is 61.7. The van der Waals surface area contributed by atoms with Crippen molar-refractivity contribution in [2.24, 2.45) is 0 Å². The summed E-state index contributed by atoms with van der Waals surface area (Å²) in [5.41, 5.74) is 0. The molecular weight excluding hydrogens is 319 g/mol. The Balaban J connectivity index is 3.11. The van der Waals surface area contributed by atoms with Crippen molar-refractivity contribution in [1.29, 1.82) is 0 Å². The molecule has 0 aromatic carbocycles. The molecule has 0 saturated carbocycles. The number of alkyl halides is 3. The number of hydrogen-bond donors (Lipinski definition) is 1. The van der Waals surface area contributed by atoms with E-state index in [-0.39, 0.29) is 17.8 Å². The molecule has 1 N–H and O–H groups in total. The Bertz CT molecular complexity index is 580. The molecule has 0 aliphatic heterocycles. The van der Waals surface area contributed by atoms with E-state index in [0.29, 0.717) is 15.6 Å². The van der Waals surface area contributed by atoms with Gasteiger partial charge in [0.1, 0.15) is 11.4 Å². The van der Waals surface area contributed by atoms with Gasteiger partial charge in [0.2, 0.25) is 10.0 Å². The van der Waals surface area contributed by atoms with Gasteiger partial charge in [0.05, 0.1) is 4.90 Å². The van der Waals surface area contributed by atoms with Gasteiger partial charge in [0.15, 0.2) is 0 Å². The van der Waals surface area contributed by atoms with E-state index >= 15 is 0 Å². The number of nitrogens with zero attached hydrogens (tertiary/aromatic N) is 1. The summed E-state index contributed by atoms with van der Waals surface area (Å²) in [7, 11) is -4.35. The molecule has 1 heterocycles. The van der Waals surface area contributed by atoms with Gasteiger partial charge < -0.3 is 5.11 Å². The normalized spacial score (nSPS) is 12.8. The molecule has 0 radical (unpaired) electrons. The molecule has 0 amide bonds. The standard InChI is InChI=1S/C10H12F3NO4S2/c1-2-3-14(6-10(11,12)13)20(17,18)7-4-8(9(15)16)19-5-7/h4-5H,2-3,6H2,1H3,(H,15,16). The zero-order chi connectivity index (χ0) is 15.6. The number of hydrogen-bond acceptors (Lipinski definition) is 4. The predicted molar refractivity (Wildman–Crippen MR) is 66.4 cm³/mol. The molecule has 0 spiro atoms. The highest BCUT2D eigenvalue weighted by Crippen LogP contribution is 2.26. The molecule has 1 rings (SSSR count). The van der Waals surface area contributed by atoms with Gasteiger partial charge in [-0.2, -0.15) is 17.5 Å². The molecule has 114 valence electrons. The number of rotatable bonds is 6. The minimum atomic E-state index is -4.66. The van der Waals surface area contributed by atoms with Crippen LogP contribution in [-0.2, 0) is 10.0 Å². The molecule has 1 aromatic rings. The fourth-order valence-corrected chi connectivity index (χ4v) is 4.07. The minimum absolute atomic E-state index is 0.214. The largest absolute Gasteiger partial charge is 0.477 e. The number of thiophene rings is 1. The van der Waals surface area contributed by atoms with Gasteiger partial charge in [0.25, 0.3) is 0 Å². The van der Waals surface area contributed by atoms with Crippen LogP contribution in [0.4, 0.5) is 13.2 Å². The van der Waals surface area contributed by atoms with Gasteiger partial charge >= 0.3 is 12.1 Å². The van der Waals surface area contributed by atoms with Crippen molar-refractivity contribution >= 4 is 27.3 Å². The highest BCUT2D eigenvalue weighted by atomic mass is 32.2. The second kappa shape index (κ2) is 6.10. The first kappa shape index (κ1) is 16.9. The topological polar surface area (TPSA) is 74.7 Å². The summed E-state index contributed by atoms with van der Waals surface area (Å²) >= 11 is 0.651. The predicted octanol–water partition coefficient (Wildman–Crippen LogP) is 2.41.